The Morgan fingerprint density at radius 1 is 0.943 bits per heavy atom. The molecule has 3 atom stereocenters. The number of anilines is 1. The monoisotopic (exact) mass is 474 g/mol. The van der Waals surface area contributed by atoms with E-state index in [4.69, 9.17) is 4.74 Å². The molecule has 1 aliphatic heterocycles. The van der Waals surface area contributed by atoms with Crippen LogP contribution in [0.2, 0.25) is 0 Å². The van der Waals surface area contributed by atoms with Gasteiger partial charge in [-0.15, -0.1) is 0 Å². The predicted octanol–water partition coefficient (Wildman–Crippen LogP) is 4.35. The van der Waals surface area contributed by atoms with Crippen LogP contribution in [0.1, 0.15) is 49.0 Å². The zero-order valence-corrected chi connectivity index (χ0v) is 20.0. The molecule has 182 valence electrons. The van der Waals surface area contributed by atoms with Gasteiger partial charge in [0, 0.05) is 11.3 Å². The molecule has 1 fully saturated rings. The number of carbonyl (C=O) groups excluding carboxylic acids is 4. The minimum Gasteiger partial charge on any atom is -0.459 e. The van der Waals surface area contributed by atoms with Gasteiger partial charge in [-0.3, -0.25) is 19.3 Å². The fraction of sp³-hybridized carbons (Fsp3) is 0.357. The summed E-state index contributed by atoms with van der Waals surface area (Å²) in [5.41, 5.74) is 1.88. The number of likely N-dealkylation sites (tertiary alicyclic amines) is 1. The van der Waals surface area contributed by atoms with Gasteiger partial charge < -0.3 is 10.1 Å². The Morgan fingerprint density at radius 2 is 1.54 bits per heavy atom. The number of hydrogen-bond donors (Lipinski definition) is 1. The van der Waals surface area contributed by atoms with E-state index in [0.717, 1.165) is 4.90 Å². The lowest BCUT2D eigenvalue weighted by molar-refractivity contribution is -0.160. The minimum absolute atomic E-state index is 0.0152. The first-order chi connectivity index (χ1) is 16.8. The SMILES string of the molecule is CC(C)CC(C(=O)OCc1ccc(C(=O)Nc2ccccc2)cc1)N1C(=O)C2CC=CCC2C1=O. The Bertz CT molecular complexity index is 1100. The molecule has 0 bridgehead atoms. The normalized spacial score (nSPS) is 20.0. The summed E-state index contributed by atoms with van der Waals surface area (Å²) in [6, 6.07) is 15.0. The number of nitrogens with zero attached hydrogens (tertiary/aromatic N) is 1. The number of fused-ring (bicyclic) bond motifs is 1. The smallest absolute Gasteiger partial charge is 0.329 e. The lowest BCUT2D eigenvalue weighted by Crippen LogP contribution is -2.47. The second-order valence-electron chi connectivity index (χ2n) is 9.47. The van der Waals surface area contributed by atoms with E-state index in [2.05, 4.69) is 5.32 Å². The maximum atomic E-state index is 13.1. The fourth-order valence-corrected chi connectivity index (χ4v) is 4.61. The number of imide groups is 1. The van der Waals surface area contributed by atoms with Crippen molar-refractivity contribution in [1.29, 1.82) is 0 Å². The van der Waals surface area contributed by atoms with E-state index < -0.39 is 12.0 Å². The Labute approximate surface area is 205 Å². The maximum Gasteiger partial charge on any atom is 0.329 e. The van der Waals surface area contributed by atoms with Crippen LogP contribution in [0.3, 0.4) is 0 Å². The average molecular weight is 475 g/mol. The molecule has 2 aromatic rings. The third-order valence-electron chi connectivity index (χ3n) is 6.45. The van der Waals surface area contributed by atoms with E-state index in [-0.39, 0.29) is 42.1 Å². The van der Waals surface area contributed by atoms with Crippen molar-refractivity contribution in [2.75, 3.05) is 5.32 Å². The zero-order chi connectivity index (χ0) is 24.9. The van der Waals surface area contributed by atoms with Crippen molar-refractivity contribution in [2.24, 2.45) is 17.8 Å². The van der Waals surface area contributed by atoms with Crippen LogP contribution in [0.4, 0.5) is 5.69 Å². The van der Waals surface area contributed by atoms with Gasteiger partial charge in [0.2, 0.25) is 11.8 Å². The number of benzene rings is 2. The number of rotatable bonds is 8. The van der Waals surface area contributed by atoms with Crippen LogP contribution in [-0.2, 0) is 25.7 Å². The lowest BCUT2D eigenvalue weighted by atomic mass is 9.85. The van der Waals surface area contributed by atoms with Crippen LogP contribution >= 0.6 is 0 Å². The molecule has 1 N–H and O–H groups in total. The Morgan fingerprint density at radius 3 is 2.11 bits per heavy atom. The zero-order valence-electron chi connectivity index (χ0n) is 20.0. The summed E-state index contributed by atoms with van der Waals surface area (Å²) < 4.78 is 5.55. The molecule has 0 aromatic heterocycles. The first-order valence-electron chi connectivity index (χ1n) is 12.0. The van der Waals surface area contributed by atoms with Crippen LogP contribution in [0, 0.1) is 17.8 Å². The predicted molar refractivity (Wildman–Crippen MR) is 131 cm³/mol. The number of carbonyl (C=O) groups is 4. The third kappa shape index (κ3) is 5.50. The first-order valence-corrected chi connectivity index (χ1v) is 12.0. The van der Waals surface area contributed by atoms with Crippen LogP contribution in [0.15, 0.2) is 66.7 Å². The summed E-state index contributed by atoms with van der Waals surface area (Å²) >= 11 is 0. The Balaban J connectivity index is 1.39. The molecule has 2 aromatic carbocycles. The van der Waals surface area contributed by atoms with Gasteiger partial charge in [0.25, 0.3) is 5.91 Å². The van der Waals surface area contributed by atoms with Crippen LogP contribution in [0.25, 0.3) is 0 Å². The van der Waals surface area contributed by atoms with Crippen molar-refractivity contribution in [3.63, 3.8) is 0 Å². The minimum atomic E-state index is -0.934. The molecule has 1 saturated heterocycles. The summed E-state index contributed by atoms with van der Waals surface area (Å²) in [5.74, 6) is -2.05. The summed E-state index contributed by atoms with van der Waals surface area (Å²) in [6.45, 7) is 3.87. The third-order valence-corrected chi connectivity index (χ3v) is 6.45. The Kier molecular flexibility index (Phi) is 7.44. The van der Waals surface area contributed by atoms with E-state index >= 15 is 0 Å². The van der Waals surface area contributed by atoms with Gasteiger partial charge in [0.15, 0.2) is 0 Å². The number of amides is 3. The molecule has 1 heterocycles. The molecule has 7 nitrogen and oxygen atoms in total. The van der Waals surface area contributed by atoms with Crippen molar-refractivity contribution >= 4 is 29.4 Å². The second-order valence-corrected chi connectivity index (χ2v) is 9.47. The van der Waals surface area contributed by atoms with Gasteiger partial charge in [-0.2, -0.15) is 0 Å². The van der Waals surface area contributed by atoms with Crippen molar-refractivity contribution in [3.8, 4) is 0 Å². The van der Waals surface area contributed by atoms with Gasteiger partial charge in [0.1, 0.15) is 12.6 Å². The van der Waals surface area contributed by atoms with Crippen LogP contribution in [-0.4, -0.2) is 34.6 Å². The van der Waals surface area contributed by atoms with Crippen LogP contribution in [0.5, 0.6) is 0 Å². The molecular formula is C28H30N2O5. The van der Waals surface area contributed by atoms with Gasteiger partial charge in [0.05, 0.1) is 11.8 Å². The molecule has 0 spiro atoms. The molecule has 2 aliphatic rings. The van der Waals surface area contributed by atoms with Gasteiger partial charge in [-0.1, -0.05) is 56.3 Å². The van der Waals surface area contributed by atoms with E-state index in [0.29, 0.717) is 36.1 Å². The van der Waals surface area contributed by atoms with Crippen molar-refractivity contribution in [2.45, 2.75) is 45.8 Å². The maximum absolute atomic E-state index is 13.1. The van der Waals surface area contributed by atoms with E-state index in [1.54, 1.807) is 36.4 Å². The topological polar surface area (TPSA) is 92.8 Å². The number of para-hydroxylation sites is 1. The number of ether oxygens (including phenoxy) is 1. The lowest BCUT2D eigenvalue weighted by Gasteiger charge is -2.26. The first kappa shape index (κ1) is 24.4. The van der Waals surface area contributed by atoms with E-state index in [1.165, 1.54) is 0 Å². The standard InChI is InChI=1S/C28H30N2O5/c1-18(2)16-24(30-26(32)22-10-6-7-11-23(22)27(30)33)28(34)35-17-19-12-14-20(15-13-19)25(31)29-21-8-4-3-5-9-21/h3-9,12-15,18,22-24H,10-11,16-17H2,1-2H3,(H,29,31). The highest BCUT2D eigenvalue weighted by Gasteiger charge is 2.51. The average Bonchev–Trinajstić information content (AvgIpc) is 3.11. The van der Waals surface area contributed by atoms with Crippen molar-refractivity contribution in [3.05, 3.63) is 77.9 Å². The highest BCUT2D eigenvalue weighted by atomic mass is 16.5. The molecule has 3 unspecified atom stereocenters. The largest absolute Gasteiger partial charge is 0.459 e. The second kappa shape index (κ2) is 10.7. The van der Waals surface area contributed by atoms with Gasteiger partial charge in [-0.05, 0) is 55.0 Å². The summed E-state index contributed by atoms with van der Waals surface area (Å²) in [7, 11) is 0. The van der Waals surface area contributed by atoms with Gasteiger partial charge >= 0.3 is 5.97 Å². The summed E-state index contributed by atoms with van der Waals surface area (Å²) in [5, 5.41) is 2.82. The van der Waals surface area contributed by atoms with Crippen molar-refractivity contribution in [1.82, 2.24) is 4.90 Å². The molecular weight excluding hydrogens is 444 g/mol. The fourth-order valence-electron chi connectivity index (χ4n) is 4.61. The quantitative estimate of drug-likeness (QED) is 0.349. The van der Waals surface area contributed by atoms with Crippen molar-refractivity contribution < 1.29 is 23.9 Å². The number of esters is 1. The molecule has 35 heavy (non-hydrogen) atoms. The highest BCUT2D eigenvalue weighted by molar-refractivity contribution is 6.08. The molecule has 7 heteroatoms. The molecule has 4 rings (SSSR count). The highest BCUT2D eigenvalue weighted by Crippen LogP contribution is 2.37. The van der Waals surface area contributed by atoms with E-state index in [1.807, 2.05) is 44.2 Å². The molecule has 3 amide bonds. The van der Waals surface area contributed by atoms with Crippen LogP contribution < -0.4 is 5.32 Å². The number of nitrogens with one attached hydrogen (secondary N) is 1. The number of hydrogen-bond acceptors (Lipinski definition) is 5. The van der Waals surface area contributed by atoms with E-state index in [9.17, 15) is 19.2 Å². The molecule has 0 radical (unpaired) electrons. The number of allylic oxidation sites excluding steroid dienone is 2. The molecule has 0 saturated carbocycles. The van der Waals surface area contributed by atoms with Gasteiger partial charge in [-0.25, -0.2) is 4.79 Å². The molecule has 1 aliphatic carbocycles. The Hall–Kier alpha value is -3.74. The summed E-state index contributed by atoms with van der Waals surface area (Å²) in [4.78, 5) is 52.7. The summed E-state index contributed by atoms with van der Waals surface area (Å²) in [6.07, 6.45) is 5.26.